The molecule has 1 atom stereocenters. The lowest BCUT2D eigenvalue weighted by Gasteiger charge is -2.22. The Labute approximate surface area is 110 Å². The molecule has 4 heteroatoms. The van der Waals surface area contributed by atoms with Gasteiger partial charge in [-0.2, -0.15) is 0 Å². The van der Waals surface area contributed by atoms with E-state index >= 15 is 0 Å². The van der Waals surface area contributed by atoms with Crippen LogP contribution in [0.25, 0.3) is 0 Å². The maximum Gasteiger partial charge on any atom is 0.208 e. The first-order valence-electron chi connectivity index (χ1n) is 7.07. The molecule has 0 spiro atoms. The maximum absolute atomic E-state index is 5.68. The lowest BCUT2D eigenvalue weighted by molar-refractivity contribution is 0.229. The van der Waals surface area contributed by atoms with Crippen LogP contribution in [-0.2, 0) is 6.54 Å². The molecular weight excluding hydrogens is 226 g/mol. The quantitative estimate of drug-likeness (QED) is 0.891. The van der Waals surface area contributed by atoms with E-state index in [2.05, 4.69) is 22.1 Å². The molecule has 2 rings (SSSR count). The fourth-order valence-corrected chi connectivity index (χ4v) is 2.56. The normalized spacial score (nSPS) is 22.1. The maximum atomic E-state index is 5.68. The Bertz CT molecular complexity index is 356. The van der Waals surface area contributed by atoms with E-state index in [4.69, 9.17) is 4.42 Å². The van der Waals surface area contributed by atoms with Gasteiger partial charge in [-0.3, -0.25) is 4.90 Å². The molecule has 1 aliphatic rings. The first kappa shape index (κ1) is 13.6. The van der Waals surface area contributed by atoms with Crippen LogP contribution in [0.15, 0.2) is 4.42 Å². The van der Waals surface area contributed by atoms with Gasteiger partial charge in [-0.1, -0.05) is 13.3 Å². The second kappa shape index (κ2) is 6.34. The van der Waals surface area contributed by atoms with Crippen LogP contribution in [0.1, 0.15) is 43.5 Å². The predicted molar refractivity (Wildman–Crippen MR) is 72.6 cm³/mol. The molecule has 1 N–H and O–H groups in total. The molecule has 1 aliphatic heterocycles. The molecule has 2 heterocycles. The van der Waals surface area contributed by atoms with E-state index in [9.17, 15) is 0 Å². The summed E-state index contributed by atoms with van der Waals surface area (Å²) in [6, 6.07) is 0.620. The minimum Gasteiger partial charge on any atom is -0.444 e. The van der Waals surface area contributed by atoms with Crippen molar-refractivity contribution in [2.75, 3.05) is 19.6 Å². The predicted octanol–water partition coefficient (Wildman–Crippen LogP) is 2.26. The van der Waals surface area contributed by atoms with Gasteiger partial charge in [0, 0.05) is 12.6 Å². The van der Waals surface area contributed by atoms with Crippen LogP contribution in [0.4, 0.5) is 0 Å². The highest BCUT2D eigenvalue weighted by Crippen LogP contribution is 2.13. The van der Waals surface area contributed by atoms with Gasteiger partial charge in [0.25, 0.3) is 0 Å². The standard InChI is InChI=1S/C14H25N3O/c1-4-6-13-9-17(8-5-7-15-13)10-14-16-11(2)12(3)18-14/h13,15H,4-10H2,1-3H3. The SMILES string of the molecule is CCCC1CN(Cc2nc(C)c(C)o2)CCCN1. The van der Waals surface area contributed by atoms with Crippen molar-refractivity contribution in [3.05, 3.63) is 17.3 Å². The van der Waals surface area contributed by atoms with Gasteiger partial charge in [-0.15, -0.1) is 0 Å². The topological polar surface area (TPSA) is 41.3 Å². The summed E-state index contributed by atoms with van der Waals surface area (Å²) in [5, 5.41) is 3.62. The number of aryl methyl sites for hydroxylation is 2. The van der Waals surface area contributed by atoms with Crippen molar-refractivity contribution in [3.63, 3.8) is 0 Å². The number of hydrogen-bond donors (Lipinski definition) is 1. The molecule has 1 aromatic rings. The first-order chi connectivity index (χ1) is 8.69. The molecule has 0 aromatic carbocycles. The van der Waals surface area contributed by atoms with Crippen molar-refractivity contribution in [2.45, 2.75) is 52.6 Å². The van der Waals surface area contributed by atoms with Crippen molar-refractivity contribution >= 4 is 0 Å². The molecule has 0 bridgehead atoms. The largest absolute Gasteiger partial charge is 0.444 e. The van der Waals surface area contributed by atoms with Gasteiger partial charge in [0.2, 0.25) is 5.89 Å². The highest BCUT2D eigenvalue weighted by Gasteiger charge is 2.18. The molecule has 1 aromatic heterocycles. The lowest BCUT2D eigenvalue weighted by atomic mass is 10.1. The number of hydrogen-bond acceptors (Lipinski definition) is 4. The van der Waals surface area contributed by atoms with E-state index in [1.165, 1.54) is 19.3 Å². The van der Waals surface area contributed by atoms with Crippen LogP contribution in [0.2, 0.25) is 0 Å². The van der Waals surface area contributed by atoms with Crippen LogP contribution in [0.5, 0.6) is 0 Å². The Balaban J connectivity index is 1.94. The van der Waals surface area contributed by atoms with Crippen LogP contribution >= 0.6 is 0 Å². The summed E-state index contributed by atoms with van der Waals surface area (Å²) in [5.74, 6) is 1.81. The van der Waals surface area contributed by atoms with E-state index in [0.29, 0.717) is 6.04 Å². The van der Waals surface area contributed by atoms with Gasteiger partial charge in [0.1, 0.15) is 5.76 Å². The summed E-state index contributed by atoms with van der Waals surface area (Å²) in [7, 11) is 0. The van der Waals surface area contributed by atoms with Gasteiger partial charge in [0.05, 0.1) is 12.2 Å². The smallest absolute Gasteiger partial charge is 0.208 e. The zero-order chi connectivity index (χ0) is 13.0. The van der Waals surface area contributed by atoms with Crippen LogP contribution < -0.4 is 5.32 Å². The Hall–Kier alpha value is -0.870. The average Bonchev–Trinajstić information content (AvgIpc) is 2.53. The van der Waals surface area contributed by atoms with Crippen molar-refractivity contribution < 1.29 is 4.42 Å². The Morgan fingerprint density at radius 2 is 2.28 bits per heavy atom. The second-order valence-corrected chi connectivity index (χ2v) is 5.28. The number of oxazole rings is 1. The summed E-state index contributed by atoms with van der Waals surface area (Å²) >= 11 is 0. The number of nitrogens with zero attached hydrogens (tertiary/aromatic N) is 2. The Morgan fingerprint density at radius 1 is 1.44 bits per heavy atom. The molecular formula is C14H25N3O. The van der Waals surface area contributed by atoms with Crippen LogP contribution in [0, 0.1) is 13.8 Å². The third-order valence-electron chi connectivity index (χ3n) is 3.63. The Kier molecular flexibility index (Phi) is 4.78. The summed E-state index contributed by atoms with van der Waals surface area (Å²) < 4.78 is 5.68. The molecule has 18 heavy (non-hydrogen) atoms. The number of rotatable bonds is 4. The minimum atomic E-state index is 0.620. The summed E-state index contributed by atoms with van der Waals surface area (Å²) in [6.45, 7) is 10.4. The zero-order valence-corrected chi connectivity index (χ0v) is 11.8. The molecule has 0 radical (unpaired) electrons. The fraction of sp³-hybridized carbons (Fsp3) is 0.786. The zero-order valence-electron chi connectivity index (χ0n) is 11.8. The van der Waals surface area contributed by atoms with E-state index in [1.54, 1.807) is 0 Å². The molecule has 0 saturated carbocycles. The molecule has 1 unspecified atom stereocenters. The van der Waals surface area contributed by atoms with Crippen LogP contribution in [-0.4, -0.2) is 35.6 Å². The molecule has 102 valence electrons. The molecule has 1 fully saturated rings. The van der Waals surface area contributed by atoms with Gasteiger partial charge in [-0.05, 0) is 39.8 Å². The lowest BCUT2D eigenvalue weighted by Crippen LogP contribution is -2.37. The van der Waals surface area contributed by atoms with Crippen molar-refractivity contribution in [3.8, 4) is 0 Å². The third-order valence-corrected chi connectivity index (χ3v) is 3.63. The highest BCUT2D eigenvalue weighted by atomic mass is 16.4. The van der Waals surface area contributed by atoms with Crippen molar-refractivity contribution in [2.24, 2.45) is 0 Å². The Morgan fingerprint density at radius 3 is 2.94 bits per heavy atom. The summed E-state index contributed by atoms with van der Waals surface area (Å²) in [6.07, 6.45) is 3.70. The average molecular weight is 251 g/mol. The van der Waals surface area contributed by atoms with Gasteiger partial charge in [-0.25, -0.2) is 4.98 Å². The molecule has 0 aliphatic carbocycles. The van der Waals surface area contributed by atoms with E-state index in [-0.39, 0.29) is 0 Å². The first-order valence-corrected chi connectivity index (χ1v) is 7.07. The number of nitrogens with one attached hydrogen (secondary N) is 1. The molecule has 0 amide bonds. The summed E-state index contributed by atoms with van der Waals surface area (Å²) in [4.78, 5) is 6.94. The van der Waals surface area contributed by atoms with Crippen molar-refractivity contribution in [1.82, 2.24) is 15.2 Å². The van der Waals surface area contributed by atoms with Gasteiger partial charge in [0.15, 0.2) is 0 Å². The van der Waals surface area contributed by atoms with E-state index in [1.807, 2.05) is 13.8 Å². The van der Waals surface area contributed by atoms with Gasteiger partial charge >= 0.3 is 0 Å². The fourth-order valence-electron chi connectivity index (χ4n) is 2.56. The summed E-state index contributed by atoms with van der Waals surface area (Å²) in [5.41, 5.74) is 1.02. The van der Waals surface area contributed by atoms with E-state index < -0.39 is 0 Å². The molecule has 1 saturated heterocycles. The second-order valence-electron chi connectivity index (χ2n) is 5.28. The third kappa shape index (κ3) is 3.56. The monoisotopic (exact) mass is 251 g/mol. The molecule has 4 nitrogen and oxygen atoms in total. The van der Waals surface area contributed by atoms with Crippen molar-refractivity contribution in [1.29, 1.82) is 0 Å². The number of aromatic nitrogens is 1. The van der Waals surface area contributed by atoms with Crippen LogP contribution in [0.3, 0.4) is 0 Å². The minimum absolute atomic E-state index is 0.620. The van der Waals surface area contributed by atoms with E-state index in [0.717, 1.165) is 43.5 Å². The highest BCUT2D eigenvalue weighted by molar-refractivity contribution is 5.05. The van der Waals surface area contributed by atoms with Gasteiger partial charge < -0.3 is 9.73 Å².